The molecule has 162 valence electrons. The predicted octanol–water partition coefficient (Wildman–Crippen LogP) is 3.06. The molecule has 2 N–H and O–H groups in total. The van der Waals surface area contributed by atoms with Crippen molar-refractivity contribution in [2.45, 2.75) is 59.7 Å². The van der Waals surface area contributed by atoms with Crippen molar-refractivity contribution >= 4 is 47.4 Å². The summed E-state index contributed by atoms with van der Waals surface area (Å²) in [5.41, 5.74) is 1.54. The van der Waals surface area contributed by atoms with Crippen molar-refractivity contribution in [1.82, 2.24) is 15.1 Å². The first-order chi connectivity index (χ1) is 13.1. The minimum Gasteiger partial charge on any atom is -0.356 e. The third-order valence-electron chi connectivity index (χ3n) is 4.66. The van der Waals surface area contributed by atoms with E-state index < -0.39 is 0 Å². The Labute approximate surface area is 191 Å². The van der Waals surface area contributed by atoms with Crippen molar-refractivity contribution in [1.29, 1.82) is 0 Å². The lowest BCUT2D eigenvalue weighted by atomic mass is 9.96. The molecular weight excluding hydrogens is 481 g/mol. The second-order valence-corrected chi connectivity index (χ2v) is 8.07. The van der Waals surface area contributed by atoms with Gasteiger partial charge in [-0.2, -0.15) is 0 Å². The number of nitrogens with zero attached hydrogens (tertiary/aromatic N) is 3. The summed E-state index contributed by atoms with van der Waals surface area (Å²) < 4.78 is 0. The Hall–Kier alpha value is -1.84. The third-order valence-corrected chi connectivity index (χ3v) is 4.66. The van der Waals surface area contributed by atoms with Crippen LogP contribution < -0.4 is 10.6 Å². The van der Waals surface area contributed by atoms with Gasteiger partial charge in [-0.05, 0) is 52.3 Å². The second kappa shape index (κ2) is 10.8. The Morgan fingerprint density at radius 2 is 1.86 bits per heavy atom. The molecule has 0 unspecified atom stereocenters. The maximum atomic E-state index is 12.7. The molecule has 1 saturated heterocycles. The molecule has 1 aromatic rings. The summed E-state index contributed by atoms with van der Waals surface area (Å²) in [4.78, 5) is 32.6. The largest absolute Gasteiger partial charge is 0.356 e. The van der Waals surface area contributed by atoms with Crippen LogP contribution in [0.2, 0.25) is 0 Å². The molecule has 0 spiro atoms. The van der Waals surface area contributed by atoms with Gasteiger partial charge < -0.3 is 20.4 Å². The number of carbonyl (C=O) groups excluding carboxylic acids is 2. The van der Waals surface area contributed by atoms with Crippen LogP contribution in [-0.4, -0.2) is 58.8 Å². The lowest BCUT2D eigenvalue weighted by molar-refractivity contribution is -0.145. The summed E-state index contributed by atoms with van der Waals surface area (Å²) in [5, 5.41) is 6.07. The molecule has 1 aromatic carbocycles. The zero-order valence-electron chi connectivity index (χ0n) is 18.3. The van der Waals surface area contributed by atoms with Gasteiger partial charge in [-0.15, -0.1) is 24.0 Å². The van der Waals surface area contributed by atoms with Gasteiger partial charge in [-0.1, -0.05) is 12.1 Å². The number of piperazine rings is 1. The van der Waals surface area contributed by atoms with Crippen LogP contribution in [0.5, 0.6) is 0 Å². The lowest BCUT2D eigenvalue weighted by Crippen LogP contribution is -2.66. The second-order valence-electron chi connectivity index (χ2n) is 8.07. The van der Waals surface area contributed by atoms with E-state index in [1.807, 2.05) is 41.0 Å². The van der Waals surface area contributed by atoms with E-state index in [0.717, 1.165) is 30.3 Å². The molecular formula is C21H34IN5O2. The number of halogens is 1. The molecule has 0 aromatic heterocycles. The summed E-state index contributed by atoms with van der Waals surface area (Å²) in [7, 11) is 0. The summed E-state index contributed by atoms with van der Waals surface area (Å²) >= 11 is 0. The predicted molar refractivity (Wildman–Crippen MR) is 129 cm³/mol. The van der Waals surface area contributed by atoms with Crippen LogP contribution >= 0.6 is 24.0 Å². The number of guanidine groups is 1. The normalized spacial score (nSPS) is 16.5. The SMILES string of the molecule is CCNC(=NCc1ccc(NC(C)=O)cc1)N1CC(=O)N(C(C)C)C(C)(C)C1.I. The number of aliphatic imine (C=N–C) groups is 1. The molecule has 2 amide bonds. The Morgan fingerprint density at radius 3 is 2.34 bits per heavy atom. The molecule has 1 fully saturated rings. The van der Waals surface area contributed by atoms with Gasteiger partial charge in [0, 0.05) is 31.7 Å². The van der Waals surface area contributed by atoms with Crippen LogP contribution in [-0.2, 0) is 16.1 Å². The zero-order chi connectivity index (χ0) is 20.9. The minimum atomic E-state index is -0.264. The third kappa shape index (κ3) is 6.87. The Kier molecular flexibility index (Phi) is 9.38. The maximum Gasteiger partial charge on any atom is 0.242 e. The molecule has 0 atom stereocenters. The fraction of sp³-hybridized carbons (Fsp3) is 0.571. The number of anilines is 1. The molecule has 2 rings (SSSR count). The van der Waals surface area contributed by atoms with Crippen LogP contribution in [0.15, 0.2) is 29.3 Å². The molecule has 0 aliphatic carbocycles. The van der Waals surface area contributed by atoms with E-state index >= 15 is 0 Å². The molecule has 1 heterocycles. The maximum absolute atomic E-state index is 12.7. The molecule has 1 aliphatic rings. The first-order valence-electron chi connectivity index (χ1n) is 9.86. The van der Waals surface area contributed by atoms with E-state index in [4.69, 9.17) is 4.99 Å². The molecule has 29 heavy (non-hydrogen) atoms. The number of benzene rings is 1. The van der Waals surface area contributed by atoms with Crippen molar-refractivity contribution in [3.8, 4) is 0 Å². The van der Waals surface area contributed by atoms with Crippen LogP contribution in [0.3, 0.4) is 0 Å². The zero-order valence-corrected chi connectivity index (χ0v) is 20.6. The van der Waals surface area contributed by atoms with E-state index in [-0.39, 0.29) is 47.4 Å². The minimum absolute atomic E-state index is 0. The van der Waals surface area contributed by atoms with E-state index in [1.165, 1.54) is 6.92 Å². The number of nitrogens with one attached hydrogen (secondary N) is 2. The average molecular weight is 515 g/mol. The number of hydrogen-bond acceptors (Lipinski definition) is 3. The van der Waals surface area contributed by atoms with Gasteiger partial charge >= 0.3 is 0 Å². The first kappa shape index (κ1) is 25.2. The van der Waals surface area contributed by atoms with Gasteiger partial charge in [-0.25, -0.2) is 4.99 Å². The number of rotatable bonds is 5. The van der Waals surface area contributed by atoms with Gasteiger partial charge in [0.2, 0.25) is 11.8 Å². The average Bonchev–Trinajstić information content (AvgIpc) is 2.57. The van der Waals surface area contributed by atoms with Gasteiger partial charge in [0.15, 0.2) is 5.96 Å². The van der Waals surface area contributed by atoms with Crippen LogP contribution in [0.1, 0.15) is 47.1 Å². The van der Waals surface area contributed by atoms with Gasteiger partial charge in [0.25, 0.3) is 0 Å². The summed E-state index contributed by atoms with van der Waals surface area (Å²) in [6.45, 7) is 14.1. The summed E-state index contributed by atoms with van der Waals surface area (Å²) in [6.07, 6.45) is 0. The standard InChI is InChI=1S/C21H33N5O2.HI/c1-7-22-20(23-12-17-8-10-18(11-9-17)24-16(4)27)25-13-19(28)26(15(2)3)21(5,6)14-25;/h8-11,15H,7,12-14H2,1-6H3,(H,22,23)(H,24,27);1H. The number of amides is 2. The van der Waals surface area contributed by atoms with Crippen molar-refractivity contribution in [2.24, 2.45) is 4.99 Å². The Balaban J connectivity index is 0.00000420. The lowest BCUT2D eigenvalue weighted by Gasteiger charge is -2.49. The van der Waals surface area contributed by atoms with Gasteiger partial charge in [0.1, 0.15) is 0 Å². The van der Waals surface area contributed by atoms with Gasteiger partial charge in [-0.3, -0.25) is 9.59 Å². The van der Waals surface area contributed by atoms with E-state index in [0.29, 0.717) is 13.1 Å². The van der Waals surface area contributed by atoms with Crippen molar-refractivity contribution in [3.05, 3.63) is 29.8 Å². The molecule has 7 nitrogen and oxygen atoms in total. The monoisotopic (exact) mass is 515 g/mol. The number of hydrogen-bond donors (Lipinski definition) is 2. The fourth-order valence-corrected chi connectivity index (χ4v) is 3.80. The van der Waals surface area contributed by atoms with Crippen molar-refractivity contribution < 1.29 is 9.59 Å². The fourth-order valence-electron chi connectivity index (χ4n) is 3.80. The van der Waals surface area contributed by atoms with E-state index in [9.17, 15) is 9.59 Å². The van der Waals surface area contributed by atoms with Crippen LogP contribution in [0.4, 0.5) is 5.69 Å². The molecule has 0 radical (unpaired) electrons. The van der Waals surface area contributed by atoms with E-state index in [2.05, 4.69) is 38.3 Å². The van der Waals surface area contributed by atoms with E-state index in [1.54, 1.807) is 0 Å². The smallest absolute Gasteiger partial charge is 0.242 e. The highest BCUT2D eigenvalue weighted by atomic mass is 127. The van der Waals surface area contributed by atoms with Crippen LogP contribution in [0, 0.1) is 0 Å². The topological polar surface area (TPSA) is 77.0 Å². The molecule has 0 bridgehead atoms. The highest BCUT2D eigenvalue weighted by molar-refractivity contribution is 14.0. The summed E-state index contributed by atoms with van der Waals surface area (Å²) in [5.74, 6) is 0.780. The van der Waals surface area contributed by atoms with Crippen LogP contribution in [0.25, 0.3) is 0 Å². The highest BCUT2D eigenvalue weighted by Gasteiger charge is 2.40. The van der Waals surface area contributed by atoms with Crippen molar-refractivity contribution in [2.75, 3.05) is 25.0 Å². The van der Waals surface area contributed by atoms with Gasteiger partial charge in [0.05, 0.1) is 18.6 Å². The summed E-state index contributed by atoms with van der Waals surface area (Å²) in [6, 6.07) is 7.81. The first-order valence-corrected chi connectivity index (χ1v) is 9.86. The van der Waals surface area contributed by atoms with Crippen molar-refractivity contribution in [3.63, 3.8) is 0 Å². The quantitative estimate of drug-likeness (QED) is 0.359. The Morgan fingerprint density at radius 1 is 1.24 bits per heavy atom. The highest BCUT2D eigenvalue weighted by Crippen LogP contribution is 2.24. The molecule has 1 aliphatic heterocycles. The number of carbonyl (C=O) groups is 2. The molecule has 8 heteroatoms. The molecule has 0 saturated carbocycles. The Bertz CT molecular complexity index is 731.